The van der Waals surface area contributed by atoms with Gasteiger partial charge >= 0.3 is 12.1 Å². The van der Waals surface area contributed by atoms with Crippen molar-refractivity contribution in [2.75, 3.05) is 32.3 Å². The van der Waals surface area contributed by atoms with Gasteiger partial charge in [-0.2, -0.15) is 0 Å². The molecule has 2 rings (SSSR count). The number of amides is 1. The van der Waals surface area contributed by atoms with Gasteiger partial charge < -0.3 is 29.2 Å². The van der Waals surface area contributed by atoms with E-state index in [2.05, 4.69) is 5.32 Å². The highest BCUT2D eigenvalue weighted by Gasteiger charge is 2.39. The third-order valence-corrected chi connectivity index (χ3v) is 4.58. The van der Waals surface area contributed by atoms with Crippen LogP contribution in [0.15, 0.2) is 18.2 Å². The monoisotopic (exact) mass is 408 g/mol. The number of anilines is 1. The van der Waals surface area contributed by atoms with Crippen LogP contribution in [-0.2, 0) is 14.3 Å². The topological polar surface area (TPSA) is 86.3 Å². The standard InChI is InChI=1S/C21H32N2O6/c1-7-28-19(24)15-9-8-12-23(18(15)22-20(25)29-21(2,3)4)14-10-11-16(26-5)17(13-14)27-6/h10-11,13,15,18H,7-9,12H2,1-6H3,(H,22,25). The first-order valence-electron chi connectivity index (χ1n) is 9.85. The van der Waals surface area contributed by atoms with Crippen molar-refractivity contribution < 1.29 is 28.5 Å². The minimum absolute atomic E-state index is 0.283. The van der Waals surface area contributed by atoms with Crippen LogP contribution in [0.2, 0.25) is 0 Å². The first-order chi connectivity index (χ1) is 13.7. The maximum absolute atomic E-state index is 12.6. The van der Waals surface area contributed by atoms with E-state index in [1.807, 2.05) is 17.0 Å². The molecule has 1 aromatic carbocycles. The summed E-state index contributed by atoms with van der Waals surface area (Å²) in [6.07, 6.45) is 0.216. The molecule has 1 fully saturated rings. The van der Waals surface area contributed by atoms with E-state index < -0.39 is 23.8 Å². The van der Waals surface area contributed by atoms with Crippen molar-refractivity contribution in [1.82, 2.24) is 5.32 Å². The lowest BCUT2D eigenvalue weighted by molar-refractivity contribution is -0.149. The van der Waals surface area contributed by atoms with Gasteiger partial charge in [-0.05, 0) is 52.7 Å². The lowest BCUT2D eigenvalue weighted by Crippen LogP contribution is -2.58. The molecule has 0 aliphatic carbocycles. The largest absolute Gasteiger partial charge is 0.493 e. The lowest BCUT2D eigenvalue weighted by Gasteiger charge is -2.42. The van der Waals surface area contributed by atoms with E-state index in [4.69, 9.17) is 18.9 Å². The molecule has 2 atom stereocenters. The van der Waals surface area contributed by atoms with Crippen molar-refractivity contribution in [2.45, 2.75) is 52.3 Å². The van der Waals surface area contributed by atoms with Crippen LogP contribution in [0, 0.1) is 5.92 Å². The number of benzene rings is 1. The SMILES string of the molecule is CCOC(=O)C1CCCN(c2ccc(OC)c(OC)c2)C1NC(=O)OC(C)(C)C. The van der Waals surface area contributed by atoms with Gasteiger partial charge in [-0.15, -0.1) is 0 Å². The molecule has 162 valence electrons. The van der Waals surface area contributed by atoms with E-state index in [1.54, 1.807) is 48.0 Å². The number of ether oxygens (including phenoxy) is 4. The Kier molecular flexibility index (Phi) is 7.59. The molecular weight excluding hydrogens is 376 g/mol. The number of nitrogens with zero attached hydrogens (tertiary/aromatic N) is 1. The maximum atomic E-state index is 12.6. The minimum atomic E-state index is -0.646. The van der Waals surface area contributed by atoms with Gasteiger partial charge in [0.1, 0.15) is 11.8 Å². The first-order valence-corrected chi connectivity index (χ1v) is 9.85. The van der Waals surface area contributed by atoms with Crippen LogP contribution in [-0.4, -0.2) is 51.2 Å². The van der Waals surface area contributed by atoms with Crippen LogP contribution in [0.1, 0.15) is 40.5 Å². The number of alkyl carbamates (subject to hydrolysis) is 1. The molecule has 1 saturated heterocycles. The van der Waals surface area contributed by atoms with Crippen molar-refractivity contribution in [3.05, 3.63) is 18.2 Å². The molecule has 0 spiro atoms. The third-order valence-electron chi connectivity index (χ3n) is 4.58. The molecule has 2 unspecified atom stereocenters. The lowest BCUT2D eigenvalue weighted by atomic mass is 9.93. The van der Waals surface area contributed by atoms with E-state index in [9.17, 15) is 9.59 Å². The molecule has 0 aromatic heterocycles. The van der Waals surface area contributed by atoms with E-state index in [-0.39, 0.29) is 12.6 Å². The van der Waals surface area contributed by atoms with Gasteiger partial charge in [-0.25, -0.2) is 4.79 Å². The number of rotatable bonds is 6. The number of hydrogen-bond acceptors (Lipinski definition) is 7. The summed E-state index contributed by atoms with van der Waals surface area (Å²) in [5.74, 6) is 0.328. The van der Waals surface area contributed by atoms with Crippen LogP contribution in [0.4, 0.5) is 10.5 Å². The van der Waals surface area contributed by atoms with Crippen molar-refractivity contribution in [3.8, 4) is 11.5 Å². The van der Waals surface area contributed by atoms with E-state index in [1.165, 1.54) is 0 Å². The van der Waals surface area contributed by atoms with Crippen LogP contribution in [0.3, 0.4) is 0 Å². The fraction of sp³-hybridized carbons (Fsp3) is 0.619. The second-order valence-corrected chi connectivity index (χ2v) is 7.82. The number of methoxy groups -OCH3 is 2. The Morgan fingerprint density at radius 2 is 1.86 bits per heavy atom. The molecule has 1 aliphatic rings. The zero-order chi connectivity index (χ0) is 21.6. The molecule has 1 aliphatic heterocycles. The maximum Gasteiger partial charge on any atom is 0.409 e. The Hall–Kier alpha value is -2.64. The number of hydrogen-bond donors (Lipinski definition) is 1. The van der Waals surface area contributed by atoms with Crippen LogP contribution in [0.25, 0.3) is 0 Å². The summed E-state index contributed by atoms with van der Waals surface area (Å²) in [6, 6.07) is 5.50. The molecule has 1 N–H and O–H groups in total. The van der Waals surface area contributed by atoms with Gasteiger partial charge in [0, 0.05) is 18.3 Å². The summed E-state index contributed by atoms with van der Waals surface area (Å²) in [5.41, 5.74) is 0.157. The highest BCUT2D eigenvalue weighted by molar-refractivity contribution is 5.77. The number of piperidine rings is 1. The Bertz CT molecular complexity index is 716. The molecule has 8 heteroatoms. The number of esters is 1. The summed E-state index contributed by atoms with van der Waals surface area (Å²) in [7, 11) is 3.14. The van der Waals surface area contributed by atoms with Crippen LogP contribution >= 0.6 is 0 Å². The van der Waals surface area contributed by atoms with E-state index >= 15 is 0 Å². The van der Waals surface area contributed by atoms with Crippen LogP contribution in [0.5, 0.6) is 11.5 Å². The zero-order valence-electron chi connectivity index (χ0n) is 18.1. The zero-order valence-corrected chi connectivity index (χ0v) is 18.1. The van der Waals surface area contributed by atoms with E-state index in [0.717, 1.165) is 12.1 Å². The van der Waals surface area contributed by atoms with E-state index in [0.29, 0.717) is 24.5 Å². The summed E-state index contributed by atoms with van der Waals surface area (Å²) in [5, 5.41) is 2.87. The van der Waals surface area contributed by atoms with Gasteiger partial charge in [0.15, 0.2) is 11.5 Å². The molecular formula is C21H32N2O6. The van der Waals surface area contributed by atoms with Crippen molar-refractivity contribution >= 4 is 17.7 Å². The predicted molar refractivity (Wildman–Crippen MR) is 109 cm³/mol. The van der Waals surface area contributed by atoms with Gasteiger partial charge in [0.05, 0.1) is 26.7 Å². The Labute approximate surface area is 172 Å². The average Bonchev–Trinajstić information content (AvgIpc) is 2.66. The summed E-state index contributed by atoms with van der Waals surface area (Å²) < 4.78 is 21.4. The predicted octanol–water partition coefficient (Wildman–Crippen LogP) is 3.33. The quantitative estimate of drug-likeness (QED) is 0.723. The average molecular weight is 408 g/mol. The number of nitrogens with one attached hydrogen (secondary N) is 1. The fourth-order valence-electron chi connectivity index (χ4n) is 3.39. The minimum Gasteiger partial charge on any atom is -0.493 e. The van der Waals surface area contributed by atoms with Gasteiger partial charge in [0.25, 0.3) is 0 Å². The Balaban J connectivity index is 2.36. The Morgan fingerprint density at radius 1 is 1.17 bits per heavy atom. The van der Waals surface area contributed by atoms with Gasteiger partial charge in [-0.1, -0.05) is 0 Å². The number of carbonyl (C=O) groups is 2. The fourth-order valence-corrected chi connectivity index (χ4v) is 3.39. The third kappa shape index (κ3) is 5.92. The molecule has 29 heavy (non-hydrogen) atoms. The molecule has 1 amide bonds. The van der Waals surface area contributed by atoms with Gasteiger partial charge in [-0.3, -0.25) is 4.79 Å². The second-order valence-electron chi connectivity index (χ2n) is 7.82. The highest BCUT2D eigenvalue weighted by Crippen LogP contribution is 2.35. The highest BCUT2D eigenvalue weighted by atomic mass is 16.6. The van der Waals surface area contributed by atoms with Crippen molar-refractivity contribution in [1.29, 1.82) is 0 Å². The van der Waals surface area contributed by atoms with Crippen molar-refractivity contribution in [2.24, 2.45) is 5.92 Å². The number of carbonyl (C=O) groups excluding carboxylic acids is 2. The van der Waals surface area contributed by atoms with Crippen molar-refractivity contribution in [3.63, 3.8) is 0 Å². The van der Waals surface area contributed by atoms with Crippen LogP contribution < -0.4 is 19.7 Å². The molecule has 0 saturated carbocycles. The normalized spacial score (nSPS) is 19.3. The Morgan fingerprint density at radius 3 is 2.45 bits per heavy atom. The summed E-state index contributed by atoms with van der Waals surface area (Å²) in [6.45, 7) is 8.09. The first kappa shape index (κ1) is 22.6. The molecule has 0 bridgehead atoms. The molecule has 1 aromatic rings. The molecule has 0 radical (unpaired) electrons. The smallest absolute Gasteiger partial charge is 0.409 e. The van der Waals surface area contributed by atoms with Gasteiger partial charge in [0.2, 0.25) is 0 Å². The second kappa shape index (κ2) is 9.71. The molecule has 1 heterocycles. The summed E-state index contributed by atoms with van der Waals surface area (Å²) >= 11 is 0. The molecule has 8 nitrogen and oxygen atoms in total. The summed E-state index contributed by atoms with van der Waals surface area (Å²) in [4.78, 5) is 27.1.